The molecule has 6 nitrogen and oxygen atoms in total. The third kappa shape index (κ3) is 8.41. The SMILES string of the molecule is CC(CN=C(N)Nc1ccccc1OC(F)(F)F)CN1CCOCC1.I. The van der Waals surface area contributed by atoms with Gasteiger partial charge in [0.15, 0.2) is 11.7 Å². The van der Waals surface area contributed by atoms with Gasteiger partial charge in [-0.2, -0.15) is 0 Å². The highest BCUT2D eigenvalue weighted by Gasteiger charge is 2.32. The Balaban J connectivity index is 0.00000338. The van der Waals surface area contributed by atoms with Crippen molar-refractivity contribution in [2.45, 2.75) is 13.3 Å². The number of aliphatic imine (C=N–C) groups is 1. The number of hydrogen-bond donors (Lipinski definition) is 2. The Bertz CT molecular complexity index is 581. The Hall–Kier alpha value is -1.27. The molecule has 0 amide bonds. The summed E-state index contributed by atoms with van der Waals surface area (Å²) in [5.74, 6) is -0.0401. The number of morpholine rings is 1. The van der Waals surface area contributed by atoms with Gasteiger partial charge in [0.05, 0.1) is 18.9 Å². The van der Waals surface area contributed by atoms with Crippen molar-refractivity contribution in [1.29, 1.82) is 0 Å². The number of guanidine groups is 1. The van der Waals surface area contributed by atoms with Gasteiger partial charge in [0, 0.05) is 26.2 Å². The second kappa shape index (κ2) is 10.8. The largest absolute Gasteiger partial charge is 0.573 e. The predicted molar refractivity (Wildman–Crippen MR) is 105 cm³/mol. The predicted octanol–water partition coefficient (Wildman–Crippen LogP) is 2.90. The molecule has 1 aliphatic rings. The zero-order valence-electron chi connectivity index (χ0n) is 14.5. The third-order valence-electron chi connectivity index (χ3n) is 3.62. The van der Waals surface area contributed by atoms with Crippen LogP contribution in [0.15, 0.2) is 29.3 Å². The molecule has 0 aliphatic carbocycles. The van der Waals surface area contributed by atoms with Crippen LogP contribution in [0.25, 0.3) is 0 Å². The summed E-state index contributed by atoms with van der Waals surface area (Å²) in [4.78, 5) is 6.50. The summed E-state index contributed by atoms with van der Waals surface area (Å²) in [6.07, 6.45) is -4.77. The number of para-hydroxylation sites is 2. The van der Waals surface area contributed by atoms with Crippen molar-refractivity contribution >= 4 is 35.6 Å². The quantitative estimate of drug-likeness (QED) is 0.366. The summed E-state index contributed by atoms with van der Waals surface area (Å²) in [6, 6.07) is 5.69. The molecule has 1 heterocycles. The topological polar surface area (TPSA) is 72.1 Å². The highest BCUT2D eigenvalue weighted by Crippen LogP contribution is 2.29. The van der Waals surface area contributed by atoms with Gasteiger partial charge in [-0.1, -0.05) is 19.1 Å². The number of nitrogens with two attached hydrogens (primary N) is 1. The molecule has 1 atom stereocenters. The fourth-order valence-corrected chi connectivity index (χ4v) is 2.50. The van der Waals surface area contributed by atoms with E-state index < -0.39 is 6.36 Å². The van der Waals surface area contributed by atoms with Gasteiger partial charge in [0.25, 0.3) is 0 Å². The standard InChI is InChI=1S/C16H23F3N4O2.HI/c1-12(11-23-6-8-24-9-7-23)10-21-15(20)22-13-4-2-3-5-14(13)25-16(17,18)19;/h2-5,12H,6-11H2,1H3,(H3,20,21,22);1H. The molecule has 26 heavy (non-hydrogen) atoms. The van der Waals surface area contributed by atoms with E-state index in [9.17, 15) is 13.2 Å². The molecule has 3 N–H and O–H groups in total. The average molecular weight is 488 g/mol. The second-order valence-corrected chi connectivity index (χ2v) is 5.91. The van der Waals surface area contributed by atoms with Crippen molar-refractivity contribution in [1.82, 2.24) is 4.90 Å². The van der Waals surface area contributed by atoms with Crippen LogP contribution in [0.3, 0.4) is 0 Å². The van der Waals surface area contributed by atoms with E-state index in [1.165, 1.54) is 18.2 Å². The molecule has 0 bridgehead atoms. The number of benzene rings is 1. The summed E-state index contributed by atoms with van der Waals surface area (Å²) in [7, 11) is 0. The number of nitrogens with zero attached hydrogens (tertiary/aromatic N) is 2. The van der Waals surface area contributed by atoms with Gasteiger partial charge >= 0.3 is 6.36 Å². The normalized spacial score (nSPS) is 17.3. The van der Waals surface area contributed by atoms with E-state index in [4.69, 9.17) is 10.5 Å². The minimum absolute atomic E-state index is 0. The summed E-state index contributed by atoms with van der Waals surface area (Å²) in [6.45, 7) is 6.64. The minimum atomic E-state index is -4.77. The first-order valence-corrected chi connectivity index (χ1v) is 8.05. The highest BCUT2D eigenvalue weighted by atomic mass is 127. The lowest BCUT2D eigenvalue weighted by Gasteiger charge is -2.28. The first-order valence-electron chi connectivity index (χ1n) is 8.05. The van der Waals surface area contributed by atoms with Crippen LogP contribution in [0.5, 0.6) is 5.75 Å². The van der Waals surface area contributed by atoms with Crippen molar-refractivity contribution in [3.8, 4) is 5.75 Å². The highest BCUT2D eigenvalue weighted by molar-refractivity contribution is 14.0. The molecule has 1 aromatic rings. The molecule has 148 valence electrons. The summed E-state index contributed by atoms with van der Waals surface area (Å²) >= 11 is 0. The van der Waals surface area contributed by atoms with Crippen molar-refractivity contribution in [2.24, 2.45) is 16.6 Å². The number of hydrogen-bond acceptors (Lipinski definition) is 4. The summed E-state index contributed by atoms with van der Waals surface area (Å²) < 4.78 is 46.5. The number of nitrogens with one attached hydrogen (secondary N) is 1. The molecule has 1 unspecified atom stereocenters. The average Bonchev–Trinajstić information content (AvgIpc) is 2.54. The Morgan fingerprint density at radius 3 is 2.65 bits per heavy atom. The third-order valence-corrected chi connectivity index (χ3v) is 3.62. The van der Waals surface area contributed by atoms with Gasteiger partial charge in [0.2, 0.25) is 0 Å². The lowest BCUT2D eigenvalue weighted by molar-refractivity contribution is -0.274. The monoisotopic (exact) mass is 488 g/mol. The number of alkyl halides is 3. The maximum atomic E-state index is 12.4. The number of rotatable bonds is 6. The molecular weight excluding hydrogens is 464 g/mol. The molecule has 0 radical (unpaired) electrons. The van der Waals surface area contributed by atoms with Crippen LogP contribution >= 0.6 is 24.0 Å². The maximum absolute atomic E-state index is 12.4. The molecule has 10 heteroatoms. The second-order valence-electron chi connectivity index (χ2n) is 5.91. The van der Waals surface area contributed by atoms with Crippen LogP contribution in [0.1, 0.15) is 6.92 Å². The van der Waals surface area contributed by atoms with Crippen molar-refractivity contribution in [2.75, 3.05) is 44.7 Å². The van der Waals surface area contributed by atoms with E-state index in [1.807, 2.05) is 6.92 Å². The van der Waals surface area contributed by atoms with E-state index in [0.29, 0.717) is 6.54 Å². The molecule has 1 aromatic carbocycles. The van der Waals surface area contributed by atoms with Crippen LogP contribution < -0.4 is 15.8 Å². The van der Waals surface area contributed by atoms with Crippen LogP contribution in [-0.4, -0.2) is 56.6 Å². The lowest BCUT2D eigenvalue weighted by Crippen LogP contribution is -2.39. The minimum Gasteiger partial charge on any atom is -0.404 e. The molecule has 0 spiro atoms. The zero-order chi connectivity index (χ0) is 18.3. The number of anilines is 1. The van der Waals surface area contributed by atoms with E-state index >= 15 is 0 Å². The van der Waals surface area contributed by atoms with Crippen molar-refractivity contribution in [3.63, 3.8) is 0 Å². The van der Waals surface area contributed by atoms with Gasteiger partial charge < -0.3 is 20.5 Å². The molecule has 2 rings (SSSR count). The fourth-order valence-electron chi connectivity index (χ4n) is 2.50. The fraction of sp³-hybridized carbons (Fsp3) is 0.562. The van der Waals surface area contributed by atoms with Gasteiger partial charge in [-0.25, -0.2) is 0 Å². The van der Waals surface area contributed by atoms with E-state index in [0.717, 1.165) is 32.8 Å². The van der Waals surface area contributed by atoms with Gasteiger partial charge in [-0.15, -0.1) is 37.1 Å². The first kappa shape index (κ1) is 22.8. The Kier molecular flexibility index (Phi) is 9.44. The van der Waals surface area contributed by atoms with Gasteiger partial charge in [0.1, 0.15) is 0 Å². The maximum Gasteiger partial charge on any atom is 0.573 e. The van der Waals surface area contributed by atoms with Crippen LogP contribution in [0, 0.1) is 5.92 Å². The molecule has 0 saturated carbocycles. The van der Waals surface area contributed by atoms with Crippen LogP contribution in [0.2, 0.25) is 0 Å². The van der Waals surface area contributed by atoms with Gasteiger partial charge in [-0.05, 0) is 18.1 Å². The summed E-state index contributed by atoms with van der Waals surface area (Å²) in [5, 5.41) is 2.66. The van der Waals surface area contributed by atoms with E-state index in [-0.39, 0.29) is 47.3 Å². The van der Waals surface area contributed by atoms with Crippen molar-refractivity contribution < 1.29 is 22.6 Å². The molecular formula is C16H24F3IN4O2. The van der Waals surface area contributed by atoms with Gasteiger partial charge in [-0.3, -0.25) is 9.89 Å². The smallest absolute Gasteiger partial charge is 0.404 e. The van der Waals surface area contributed by atoms with E-state index in [1.54, 1.807) is 6.07 Å². The Morgan fingerprint density at radius 2 is 2.00 bits per heavy atom. The Morgan fingerprint density at radius 1 is 1.35 bits per heavy atom. The van der Waals surface area contributed by atoms with Crippen LogP contribution in [-0.2, 0) is 4.74 Å². The van der Waals surface area contributed by atoms with E-state index in [2.05, 4.69) is 19.9 Å². The Labute approximate surface area is 167 Å². The zero-order valence-corrected chi connectivity index (χ0v) is 16.8. The summed E-state index contributed by atoms with van der Waals surface area (Å²) in [5.41, 5.74) is 5.90. The number of ether oxygens (including phenoxy) is 2. The van der Waals surface area contributed by atoms with Crippen molar-refractivity contribution in [3.05, 3.63) is 24.3 Å². The molecule has 1 fully saturated rings. The van der Waals surface area contributed by atoms with Crippen LogP contribution in [0.4, 0.5) is 18.9 Å². The number of halogens is 4. The first-order chi connectivity index (χ1) is 11.8. The lowest BCUT2D eigenvalue weighted by atomic mass is 10.1. The molecule has 1 aliphatic heterocycles. The molecule has 1 saturated heterocycles. The molecule has 0 aromatic heterocycles.